The predicted octanol–water partition coefficient (Wildman–Crippen LogP) is 3.29. The van der Waals surface area contributed by atoms with Crippen LogP contribution in [0, 0.1) is 0 Å². The monoisotopic (exact) mass is 343 g/mol. The largest absolute Gasteiger partial charge is 0.387 e. The summed E-state index contributed by atoms with van der Waals surface area (Å²) in [4.78, 5) is 0.544. The molecule has 0 bridgehead atoms. The molecule has 3 N–H and O–H groups in total. The molecule has 0 radical (unpaired) electrons. The van der Waals surface area contributed by atoms with E-state index in [0.29, 0.717) is 27.0 Å². The first kappa shape index (κ1) is 16.5. The van der Waals surface area contributed by atoms with Crippen molar-refractivity contribution in [3.8, 4) is 0 Å². The Labute approximate surface area is 136 Å². The number of hydrogen-bond donors (Lipinski definition) is 2. The molecular formula is C15H15Cl2NO2S. The van der Waals surface area contributed by atoms with E-state index in [-0.39, 0.29) is 5.75 Å². The van der Waals surface area contributed by atoms with Crippen LogP contribution in [0.2, 0.25) is 10.0 Å². The molecule has 2 atom stereocenters. The molecule has 0 aromatic heterocycles. The van der Waals surface area contributed by atoms with Crippen molar-refractivity contribution in [2.24, 2.45) is 5.73 Å². The molecular weight excluding hydrogens is 329 g/mol. The first-order chi connectivity index (χ1) is 10.0. The smallest absolute Gasteiger partial charge is 0.0908 e. The van der Waals surface area contributed by atoms with Crippen molar-refractivity contribution in [1.82, 2.24) is 0 Å². The third-order valence-corrected chi connectivity index (χ3v) is 5.20. The van der Waals surface area contributed by atoms with Gasteiger partial charge in [-0.1, -0.05) is 47.5 Å². The van der Waals surface area contributed by atoms with Crippen molar-refractivity contribution < 1.29 is 9.32 Å². The van der Waals surface area contributed by atoms with Gasteiger partial charge in [-0.3, -0.25) is 4.21 Å². The summed E-state index contributed by atoms with van der Waals surface area (Å²) in [5, 5.41) is 10.9. The molecule has 0 amide bonds. The van der Waals surface area contributed by atoms with Crippen LogP contribution in [0.25, 0.3) is 0 Å². The Hall–Kier alpha value is -0.910. The third kappa shape index (κ3) is 4.28. The molecule has 6 heteroatoms. The quantitative estimate of drug-likeness (QED) is 0.875. The van der Waals surface area contributed by atoms with E-state index in [4.69, 9.17) is 28.9 Å². The van der Waals surface area contributed by atoms with Crippen LogP contribution >= 0.6 is 23.2 Å². The standard InChI is InChI=1S/C15H15Cl2NO2S/c16-13-6-5-12(7-14(13)17)21(20)9-15(19)11-3-1-10(8-18)2-4-11/h1-7,15,19H,8-9,18H2. The van der Waals surface area contributed by atoms with E-state index in [2.05, 4.69) is 0 Å². The van der Waals surface area contributed by atoms with Crippen molar-refractivity contribution in [2.45, 2.75) is 17.5 Å². The summed E-state index contributed by atoms with van der Waals surface area (Å²) in [6, 6.07) is 12.1. The van der Waals surface area contributed by atoms with Crippen molar-refractivity contribution >= 4 is 34.0 Å². The number of benzene rings is 2. The lowest BCUT2D eigenvalue weighted by Gasteiger charge is -2.12. The summed E-state index contributed by atoms with van der Waals surface area (Å²) < 4.78 is 12.2. The summed E-state index contributed by atoms with van der Waals surface area (Å²) in [6.07, 6.45) is -0.813. The van der Waals surface area contributed by atoms with Gasteiger partial charge in [0.1, 0.15) is 0 Å². The zero-order valence-corrected chi connectivity index (χ0v) is 13.5. The van der Waals surface area contributed by atoms with Gasteiger partial charge in [0.25, 0.3) is 0 Å². The van der Waals surface area contributed by atoms with Crippen LogP contribution in [0.15, 0.2) is 47.4 Å². The lowest BCUT2D eigenvalue weighted by molar-refractivity contribution is 0.203. The molecule has 0 aliphatic rings. The van der Waals surface area contributed by atoms with Crippen molar-refractivity contribution in [1.29, 1.82) is 0 Å². The highest BCUT2D eigenvalue weighted by atomic mass is 35.5. The van der Waals surface area contributed by atoms with E-state index in [1.54, 1.807) is 30.3 Å². The van der Waals surface area contributed by atoms with Crippen LogP contribution in [0.5, 0.6) is 0 Å². The van der Waals surface area contributed by atoms with Gasteiger partial charge in [-0.25, -0.2) is 0 Å². The minimum Gasteiger partial charge on any atom is -0.387 e. The van der Waals surface area contributed by atoms with Crippen LogP contribution in [0.1, 0.15) is 17.2 Å². The van der Waals surface area contributed by atoms with Crippen LogP contribution < -0.4 is 5.73 Å². The van der Waals surface area contributed by atoms with E-state index in [1.807, 2.05) is 12.1 Å². The molecule has 0 aliphatic carbocycles. The minimum atomic E-state index is -1.36. The number of halogens is 2. The normalized spacial score (nSPS) is 13.9. The average molecular weight is 344 g/mol. The predicted molar refractivity (Wildman–Crippen MR) is 87.0 cm³/mol. The van der Waals surface area contributed by atoms with Crippen molar-refractivity contribution in [3.63, 3.8) is 0 Å². The number of nitrogens with two attached hydrogens (primary N) is 1. The maximum absolute atomic E-state index is 12.2. The van der Waals surface area contributed by atoms with Crippen molar-refractivity contribution in [3.05, 3.63) is 63.6 Å². The average Bonchev–Trinajstić information content (AvgIpc) is 2.50. The fourth-order valence-electron chi connectivity index (χ4n) is 1.83. The van der Waals surface area contributed by atoms with Crippen LogP contribution in [0.3, 0.4) is 0 Å². The van der Waals surface area contributed by atoms with Crippen LogP contribution in [0.4, 0.5) is 0 Å². The molecule has 21 heavy (non-hydrogen) atoms. The lowest BCUT2D eigenvalue weighted by Crippen LogP contribution is -2.09. The fraction of sp³-hybridized carbons (Fsp3) is 0.200. The zero-order valence-electron chi connectivity index (χ0n) is 11.1. The Morgan fingerprint density at radius 3 is 2.33 bits per heavy atom. The molecule has 0 fully saturated rings. The van der Waals surface area contributed by atoms with Gasteiger partial charge in [-0.2, -0.15) is 0 Å². The molecule has 0 spiro atoms. The van der Waals surface area contributed by atoms with Gasteiger partial charge in [0, 0.05) is 11.4 Å². The number of rotatable bonds is 5. The van der Waals surface area contributed by atoms with E-state index >= 15 is 0 Å². The Kier molecular flexibility index (Phi) is 5.79. The molecule has 0 saturated carbocycles. The highest BCUT2D eigenvalue weighted by molar-refractivity contribution is 7.85. The van der Waals surface area contributed by atoms with E-state index in [9.17, 15) is 9.32 Å². The van der Waals surface area contributed by atoms with Crippen LogP contribution in [-0.4, -0.2) is 15.1 Å². The van der Waals surface area contributed by atoms with Gasteiger partial charge in [0.15, 0.2) is 0 Å². The maximum atomic E-state index is 12.2. The van der Waals surface area contributed by atoms with Gasteiger partial charge in [-0.05, 0) is 29.3 Å². The Morgan fingerprint density at radius 2 is 1.76 bits per heavy atom. The van der Waals surface area contributed by atoms with E-state index in [1.165, 1.54) is 0 Å². The van der Waals surface area contributed by atoms with Gasteiger partial charge >= 0.3 is 0 Å². The first-order valence-electron chi connectivity index (χ1n) is 6.31. The van der Waals surface area contributed by atoms with Gasteiger partial charge < -0.3 is 10.8 Å². The second-order valence-electron chi connectivity index (χ2n) is 4.55. The maximum Gasteiger partial charge on any atom is 0.0908 e. The highest BCUT2D eigenvalue weighted by Gasteiger charge is 2.14. The SMILES string of the molecule is NCc1ccc(C(O)CS(=O)c2ccc(Cl)c(Cl)c2)cc1. The Morgan fingerprint density at radius 1 is 1.10 bits per heavy atom. The zero-order chi connectivity index (χ0) is 15.4. The lowest BCUT2D eigenvalue weighted by atomic mass is 10.1. The summed E-state index contributed by atoms with van der Waals surface area (Å²) in [5.41, 5.74) is 7.22. The van der Waals surface area contributed by atoms with Crippen molar-refractivity contribution in [2.75, 3.05) is 5.75 Å². The summed E-state index contributed by atoms with van der Waals surface area (Å²) in [6.45, 7) is 0.450. The molecule has 0 saturated heterocycles. The number of aliphatic hydroxyl groups is 1. The van der Waals surface area contributed by atoms with Crippen LogP contribution in [-0.2, 0) is 17.3 Å². The number of aliphatic hydroxyl groups excluding tert-OH is 1. The highest BCUT2D eigenvalue weighted by Crippen LogP contribution is 2.25. The van der Waals surface area contributed by atoms with Gasteiger partial charge in [0.2, 0.25) is 0 Å². The first-order valence-corrected chi connectivity index (χ1v) is 8.39. The summed E-state index contributed by atoms with van der Waals surface area (Å²) >= 11 is 11.7. The topological polar surface area (TPSA) is 63.3 Å². The molecule has 2 aromatic carbocycles. The van der Waals surface area contributed by atoms with Gasteiger partial charge in [-0.15, -0.1) is 0 Å². The molecule has 2 unspecified atom stereocenters. The number of hydrogen-bond acceptors (Lipinski definition) is 3. The third-order valence-electron chi connectivity index (χ3n) is 3.06. The molecule has 0 aliphatic heterocycles. The minimum absolute atomic E-state index is 0.0972. The molecule has 3 nitrogen and oxygen atoms in total. The fourth-order valence-corrected chi connectivity index (χ4v) is 3.33. The second kappa shape index (κ2) is 7.38. The molecule has 2 aromatic rings. The molecule has 112 valence electrons. The Bertz CT molecular complexity index is 647. The Balaban J connectivity index is 2.08. The molecule has 0 heterocycles. The molecule has 2 rings (SSSR count). The van der Waals surface area contributed by atoms with E-state index in [0.717, 1.165) is 5.56 Å². The van der Waals surface area contributed by atoms with E-state index < -0.39 is 16.9 Å². The van der Waals surface area contributed by atoms with Gasteiger partial charge in [0.05, 0.1) is 32.7 Å². The summed E-state index contributed by atoms with van der Waals surface area (Å²) in [5.74, 6) is 0.0972. The second-order valence-corrected chi connectivity index (χ2v) is 6.86. The summed E-state index contributed by atoms with van der Waals surface area (Å²) in [7, 11) is -1.36.